The molecule has 1 aromatic rings. The van der Waals surface area contributed by atoms with Crippen molar-refractivity contribution in [2.45, 2.75) is 32.2 Å². The second-order valence-corrected chi connectivity index (χ2v) is 5.13. The molecule has 1 N–H and O–H groups in total. The first-order chi connectivity index (χ1) is 9.47. The van der Waals surface area contributed by atoms with Crippen LogP contribution in [0.2, 0.25) is 0 Å². The summed E-state index contributed by atoms with van der Waals surface area (Å²) in [6, 6.07) is 7.17. The summed E-state index contributed by atoms with van der Waals surface area (Å²) in [5.74, 6) is -0.782. The highest BCUT2D eigenvalue weighted by molar-refractivity contribution is 6.01. The van der Waals surface area contributed by atoms with Crippen molar-refractivity contribution in [1.82, 2.24) is 10.2 Å². The maximum absolute atomic E-state index is 12.2. The van der Waals surface area contributed by atoms with Crippen LogP contribution in [0, 0.1) is 6.92 Å². The summed E-state index contributed by atoms with van der Waals surface area (Å²) >= 11 is 0. The fourth-order valence-corrected chi connectivity index (χ4v) is 2.23. The van der Waals surface area contributed by atoms with Crippen molar-refractivity contribution in [2.24, 2.45) is 0 Å². The highest BCUT2D eigenvalue weighted by Crippen LogP contribution is 2.13. The van der Waals surface area contributed by atoms with Gasteiger partial charge in [-0.1, -0.05) is 29.8 Å². The number of carbonyl (C=O) groups excluding carboxylic acids is 3. The molecule has 106 valence electrons. The first kappa shape index (κ1) is 14.2. The Labute approximate surface area is 118 Å². The fourth-order valence-electron chi connectivity index (χ4n) is 2.23. The molecule has 1 heterocycles. The third kappa shape index (κ3) is 3.23. The van der Waals surface area contributed by atoms with E-state index in [1.807, 2.05) is 31.2 Å². The van der Waals surface area contributed by atoms with Gasteiger partial charge < -0.3 is 4.90 Å². The molecule has 0 radical (unpaired) electrons. The van der Waals surface area contributed by atoms with Crippen molar-refractivity contribution in [2.75, 3.05) is 7.05 Å². The number of benzene rings is 1. The second-order valence-electron chi connectivity index (χ2n) is 5.13. The van der Waals surface area contributed by atoms with Crippen LogP contribution < -0.4 is 5.32 Å². The molecule has 5 heteroatoms. The Kier molecular flexibility index (Phi) is 4.17. The van der Waals surface area contributed by atoms with Crippen LogP contribution in [-0.2, 0) is 20.8 Å². The zero-order chi connectivity index (χ0) is 14.7. The number of imide groups is 1. The van der Waals surface area contributed by atoms with Crippen LogP contribution >= 0.6 is 0 Å². The number of amides is 3. The summed E-state index contributed by atoms with van der Waals surface area (Å²) in [4.78, 5) is 36.4. The second kappa shape index (κ2) is 5.86. The number of hydrogen-bond donors (Lipinski definition) is 1. The average molecular weight is 274 g/mol. The molecule has 3 amide bonds. The third-order valence-electron chi connectivity index (χ3n) is 3.55. The van der Waals surface area contributed by atoms with E-state index in [4.69, 9.17) is 0 Å². The molecule has 20 heavy (non-hydrogen) atoms. The highest BCUT2D eigenvalue weighted by atomic mass is 16.2. The van der Waals surface area contributed by atoms with Crippen molar-refractivity contribution in [3.63, 3.8) is 0 Å². The molecule has 0 saturated carbocycles. The topological polar surface area (TPSA) is 66.5 Å². The molecule has 1 atom stereocenters. The number of carbonyl (C=O) groups is 3. The Morgan fingerprint density at radius 1 is 1.30 bits per heavy atom. The van der Waals surface area contributed by atoms with Crippen LogP contribution in [0.3, 0.4) is 0 Å². The minimum atomic E-state index is -0.550. The van der Waals surface area contributed by atoms with Crippen LogP contribution in [0.4, 0.5) is 0 Å². The lowest BCUT2D eigenvalue weighted by atomic mass is 10.0. The van der Waals surface area contributed by atoms with E-state index >= 15 is 0 Å². The number of hydrogen-bond acceptors (Lipinski definition) is 3. The van der Waals surface area contributed by atoms with Gasteiger partial charge in [0.25, 0.3) is 0 Å². The Hall–Kier alpha value is -2.17. The van der Waals surface area contributed by atoms with Gasteiger partial charge in [0.2, 0.25) is 17.7 Å². The Morgan fingerprint density at radius 3 is 2.55 bits per heavy atom. The quantitative estimate of drug-likeness (QED) is 0.829. The summed E-state index contributed by atoms with van der Waals surface area (Å²) in [5, 5.41) is 2.26. The molecule has 1 aromatic carbocycles. The normalized spacial score (nSPS) is 18.6. The van der Waals surface area contributed by atoms with Gasteiger partial charge in [-0.2, -0.15) is 0 Å². The van der Waals surface area contributed by atoms with E-state index in [0.717, 1.165) is 11.1 Å². The maximum atomic E-state index is 12.2. The van der Waals surface area contributed by atoms with Gasteiger partial charge in [0.15, 0.2) is 0 Å². The SMILES string of the molecule is Cc1ccc(CC(=O)N(C)C2CCC(=O)NC2=O)cc1. The predicted octanol–water partition coefficient (Wildman–Crippen LogP) is 0.801. The van der Waals surface area contributed by atoms with E-state index in [-0.39, 0.29) is 30.6 Å². The molecule has 2 rings (SSSR count). The number of rotatable bonds is 3. The molecule has 5 nitrogen and oxygen atoms in total. The summed E-state index contributed by atoms with van der Waals surface area (Å²) in [6.07, 6.45) is 0.924. The van der Waals surface area contributed by atoms with Gasteiger partial charge in [-0.25, -0.2) is 0 Å². The molecule has 0 aliphatic carbocycles. The average Bonchev–Trinajstić information content (AvgIpc) is 2.40. The molecule has 1 saturated heterocycles. The van der Waals surface area contributed by atoms with Crippen LogP contribution in [0.25, 0.3) is 0 Å². The van der Waals surface area contributed by atoms with E-state index in [1.54, 1.807) is 7.05 Å². The van der Waals surface area contributed by atoms with Gasteiger partial charge >= 0.3 is 0 Å². The lowest BCUT2D eigenvalue weighted by Gasteiger charge is -2.29. The summed E-state index contributed by atoms with van der Waals surface area (Å²) < 4.78 is 0. The first-order valence-electron chi connectivity index (χ1n) is 6.62. The first-order valence-corrected chi connectivity index (χ1v) is 6.62. The zero-order valence-electron chi connectivity index (χ0n) is 11.7. The molecule has 1 fully saturated rings. The van der Waals surface area contributed by atoms with Crippen LogP contribution in [0.15, 0.2) is 24.3 Å². The molecule has 0 aromatic heterocycles. The predicted molar refractivity (Wildman–Crippen MR) is 73.8 cm³/mol. The number of likely N-dealkylation sites (N-methyl/N-ethyl adjacent to an activating group) is 1. The lowest BCUT2D eigenvalue weighted by molar-refractivity contribution is -0.144. The third-order valence-corrected chi connectivity index (χ3v) is 3.55. The van der Waals surface area contributed by atoms with E-state index in [1.165, 1.54) is 4.90 Å². The van der Waals surface area contributed by atoms with Gasteiger partial charge in [-0.3, -0.25) is 19.7 Å². The monoisotopic (exact) mass is 274 g/mol. The van der Waals surface area contributed by atoms with Gasteiger partial charge in [-0.05, 0) is 18.9 Å². The van der Waals surface area contributed by atoms with Crippen LogP contribution in [0.1, 0.15) is 24.0 Å². The number of piperidine rings is 1. The van der Waals surface area contributed by atoms with Gasteiger partial charge in [0, 0.05) is 13.5 Å². The van der Waals surface area contributed by atoms with E-state index < -0.39 is 6.04 Å². The Morgan fingerprint density at radius 2 is 1.95 bits per heavy atom. The molecular weight excluding hydrogens is 256 g/mol. The Balaban J connectivity index is 1.99. The van der Waals surface area contributed by atoms with Gasteiger partial charge in [0.1, 0.15) is 6.04 Å². The van der Waals surface area contributed by atoms with E-state index in [9.17, 15) is 14.4 Å². The molecule has 1 aliphatic heterocycles. The van der Waals surface area contributed by atoms with Crippen LogP contribution in [-0.4, -0.2) is 35.7 Å². The smallest absolute Gasteiger partial charge is 0.249 e. The van der Waals surface area contributed by atoms with E-state index in [0.29, 0.717) is 6.42 Å². The summed E-state index contributed by atoms with van der Waals surface area (Å²) in [6.45, 7) is 1.99. The molecule has 1 unspecified atom stereocenters. The minimum Gasteiger partial charge on any atom is -0.333 e. The molecule has 1 aliphatic rings. The molecule has 0 spiro atoms. The van der Waals surface area contributed by atoms with Crippen molar-refractivity contribution >= 4 is 17.7 Å². The summed E-state index contributed by atoms with van der Waals surface area (Å²) in [7, 11) is 1.61. The van der Waals surface area contributed by atoms with Crippen LogP contribution in [0.5, 0.6) is 0 Å². The minimum absolute atomic E-state index is 0.122. The van der Waals surface area contributed by atoms with Crippen molar-refractivity contribution in [3.8, 4) is 0 Å². The number of nitrogens with zero attached hydrogens (tertiary/aromatic N) is 1. The van der Waals surface area contributed by atoms with Gasteiger partial charge in [-0.15, -0.1) is 0 Å². The fraction of sp³-hybridized carbons (Fsp3) is 0.400. The van der Waals surface area contributed by atoms with Crippen molar-refractivity contribution < 1.29 is 14.4 Å². The highest BCUT2D eigenvalue weighted by Gasteiger charge is 2.31. The summed E-state index contributed by atoms with van der Waals surface area (Å²) in [5.41, 5.74) is 2.06. The standard InChI is InChI=1S/C15H18N2O3/c1-10-3-5-11(6-4-10)9-14(19)17(2)12-7-8-13(18)16-15(12)20/h3-6,12H,7-9H2,1-2H3,(H,16,18,20). The maximum Gasteiger partial charge on any atom is 0.249 e. The largest absolute Gasteiger partial charge is 0.333 e. The zero-order valence-corrected chi connectivity index (χ0v) is 11.7. The molecule has 0 bridgehead atoms. The number of aryl methyl sites for hydroxylation is 1. The Bertz CT molecular complexity index is 537. The number of nitrogens with one attached hydrogen (secondary N) is 1. The molecular formula is C15H18N2O3. The van der Waals surface area contributed by atoms with Crippen molar-refractivity contribution in [3.05, 3.63) is 35.4 Å². The van der Waals surface area contributed by atoms with E-state index in [2.05, 4.69) is 5.32 Å². The van der Waals surface area contributed by atoms with Crippen molar-refractivity contribution in [1.29, 1.82) is 0 Å². The van der Waals surface area contributed by atoms with Gasteiger partial charge in [0.05, 0.1) is 6.42 Å². The lowest BCUT2D eigenvalue weighted by Crippen LogP contribution is -2.53.